The van der Waals surface area contributed by atoms with Crippen LogP contribution in [0.3, 0.4) is 0 Å². The highest BCUT2D eigenvalue weighted by Gasteiger charge is 2.08. The summed E-state index contributed by atoms with van der Waals surface area (Å²) in [6, 6.07) is 9.96. The summed E-state index contributed by atoms with van der Waals surface area (Å²) in [5.74, 6) is 1.04. The Morgan fingerprint density at radius 1 is 1.06 bits per heavy atom. The summed E-state index contributed by atoms with van der Waals surface area (Å²) in [7, 11) is 0. The molecule has 0 unspecified atom stereocenters. The summed E-state index contributed by atoms with van der Waals surface area (Å²) in [5.41, 5.74) is 3.19. The standard InChI is InChI=1S/C14H15ClN2/c1-9(2)12-8-13(15)17-14(16-12)11-6-4-10(3)5-7-11/h4-9H,1-3H3. The van der Waals surface area contributed by atoms with Gasteiger partial charge < -0.3 is 0 Å². The fourth-order valence-electron chi connectivity index (χ4n) is 1.56. The molecule has 0 amide bonds. The molecule has 2 aromatic rings. The Morgan fingerprint density at radius 2 is 1.71 bits per heavy atom. The molecule has 0 aliphatic heterocycles. The molecule has 2 nitrogen and oxygen atoms in total. The van der Waals surface area contributed by atoms with Gasteiger partial charge in [-0.1, -0.05) is 55.3 Å². The molecule has 0 bridgehead atoms. The zero-order valence-corrected chi connectivity index (χ0v) is 11.0. The van der Waals surface area contributed by atoms with Crippen LogP contribution in [0, 0.1) is 6.92 Å². The number of hydrogen-bond acceptors (Lipinski definition) is 2. The minimum absolute atomic E-state index is 0.347. The summed E-state index contributed by atoms with van der Waals surface area (Å²) >= 11 is 6.02. The lowest BCUT2D eigenvalue weighted by atomic mass is 10.1. The van der Waals surface area contributed by atoms with Gasteiger partial charge in [-0.3, -0.25) is 0 Å². The molecule has 17 heavy (non-hydrogen) atoms. The molecule has 88 valence electrons. The van der Waals surface area contributed by atoms with E-state index < -0.39 is 0 Å². The molecule has 0 spiro atoms. The summed E-state index contributed by atoms with van der Waals surface area (Å²) in [6.07, 6.45) is 0. The molecular formula is C14H15ClN2. The molecule has 0 saturated heterocycles. The predicted molar refractivity (Wildman–Crippen MR) is 71.3 cm³/mol. The number of aromatic nitrogens is 2. The highest BCUT2D eigenvalue weighted by atomic mass is 35.5. The van der Waals surface area contributed by atoms with Crippen LogP contribution in [-0.4, -0.2) is 9.97 Å². The third kappa shape index (κ3) is 2.83. The Bertz CT molecular complexity index is 518. The van der Waals surface area contributed by atoms with E-state index in [0.717, 1.165) is 11.3 Å². The van der Waals surface area contributed by atoms with Crippen molar-refractivity contribution in [1.29, 1.82) is 0 Å². The summed E-state index contributed by atoms with van der Waals surface area (Å²) in [4.78, 5) is 8.81. The maximum atomic E-state index is 6.02. The highest BCUT2D eigenvalue weighted by molar-refractivity contribution is 6.29. The maximum absolute atomic E-state index is 6.02. The Balaban J connectivity index is 2.48. The number of aryl methyl sites for hydroxylation is 1. The molecular weight excluding hydrogens is 232 g/mol. The van der Waals surface area contributed by atoms with Crippen molar-refractivity contribution in [3.05, 3.63) is 46.7 Å². The summed E-state index contributed by atoms with van der Waals surface area (Å²) in [6.45, 7) is 6.25. The number of benzene rings is 1. The molecule has 0 fully saturated rings. The van der Waals surface area contributed by atoms with Gasteiger partial charge in [0.25, 0.3) is 0 Å². The lowest BCUT2D eigenvalue weighted by Crippen LogP contribution is -1.98. The normalized spacial score (nSPS) is 10.9. The van der Waals surface area contributed by atoms with Gasteiger partial charge in [0.05, 0.1) is 0 Å². The van der Waals surface area contributed by atoms with Crippen LogP contribution in [0.1, 0.15) is 31.0 Å². The van der Waals surface area contributed by atoms with Crippen molar-refractivity contribution in [1.82, 2.24) is 9.97 Å². The zero-order valence-electron chi connectivity index (χ0n) is 10.2. The van der Waals surface area contributed by atoms with Gasteiger partial charge in [-0.25, -0.2) is 9.97 Å². The SMILES string of the molecule is Cc1ccc(-c2nc(Cl)cc(C(C)C)n2)cc1. The van der Waals surface area contributed by atoms with Crippen LogP contribution in [0.5, 0.6) is 0 Å². The summed E-state index contributed by atoms with van der Waals surface area (Å²) in [5, 5.41) is 0.499. The first-order valence-corrected chi connectivity index (χ1v) is 6.05. The van der Waals surface area contributed by atoms with E-state index in [9.17, 15) is 0 Å². The predicted octanol–water partition coefficient (Wildman–Crippen LogP) is 4.23. The van der Waals surface area contributed by atoms with Gasteiger partial charge in [0.1, 0.15) is 5.15 Å². The van der Waals surface area contributed by atoms with Crippen LogP contribution in [0.4, 0.5) is 0 Å². The van der Waals surface area contributed by atoms with Gasteiger partial charge in [0.15, 0.2) is 5.82 Å². The van der Waals surface area contributed by atoms with Crippen LogP contribution in [0.25, 0.3) is 11.4 Å². The topological polar surface area (TPSA) is 25.8 Å². The first-order valence-electron chi connectivity index (χ1n) is 5.68. The van der Waals surface area contributed by atoms with E-state index in [2.05, 4.69) is 42.9 Å². The van der Waals surface area contributed by atoms with Crippen LogP contribution < -0.4 is 0 Å². The third-order valence-electron chi connectivity index (χ3n) is 2.62. The van der Waals surface area contributed by atoms with Crippen LogP contribution >= 0.6 is 11.6 Å². The van der Waals surface area contributed by atoms with Gasteiger partial charge in [0, 0.05) is 11.3 Å². The van der Waals surface area contributed by atoms with Crippen molar-refractivity contribution in [3.63, 3.8) is 0 Å². The van der Waals surface area contributed by atoms with E-state index >= 15 is 0 Å². The highest BCUT2D eigenvalue weighted by Crippen LogP contribution is 2.21. The van der Waals surface area contributed by atoms with Crippen molar-refractivity contribution in [2.24, 2.45) is 0 Å². The van der Waals surface area contributed by atoms with Crippen molar-refractivity contribution in [2.75, 3.05) is 0 Å². The van der Waals surface area contributed by atoms with Crippen molar-refractivity contribution in [3.8, 4) is 11.4 Å². The number of hydrogen-bond donors (Lipinski definition) is 0. The minimum atomic E-state index is 0.347. The molecule has 0 atom stereocenters. The second-order valence-electron chi connectivity index (χ2n) is 4.46. The molecule has 0 radical (unpaired) electrons. The number of halogens is 1. The first-order chi connectivity index (χ1) is 8.06. The molecule has 3 heteroatoms. The van der Waals surface area contributed by atoms with Gasteiger partial charge >= 0.3 is 0 Å². The Labute approximate surface area is 107 Å². The van der Waals surface area contributed by atoms with Crippen molar-refractivity contribution < 1.29 is 0 Å². The molecule has 2 rings (SSSR count). The largest absolute Gasteiger partial charge is 0.233 e. The van der Waals surface area contributed by atoms with Gasteiger partial charge in [-0.05, 0) is 18.9 Å². The molecule has 1 aromatic heterocycles. The van der Waals surface area contributed by atoms with E-state index in [0.29, 0.717) is 16.9 Å². The van der Waals surface area contributed by atoms with E-state index in [4.69, 9.17) is 11.6 Å². The average Bonchev–Trinajstić information content (AvgIpc) is 2.29. The lowest BCUT2D eigenvalue weighted by molar-refractivity contribution is 0.817. The van der Waals surface area contributed by atoms with Crippen molar-refractivity contribution >= 4 is 11.6 Å². The Kier molecular flexibility index (Phi) is 3.43. The van der Waals surface area contributed by atoms with Gasteiger partial charge in [-0.2, -0.15) is 0 Å². The van der Waals surface area contributed by atoms with Crippen LogP contribution in [-0.2, 0) is 0 Å². The fourth-order valence-corrected chi connectivity index (χ4v) is 1.75. The lowest BCUT2D eigenvalue weighted by Gasteiger charge is -2.07. The molecule has 1 aromatic carbocycles. The number of nitrogens with zero attached hydrogens (tertiary/aromatic N) is 2. The average molecular weight is 247 g/mol. The fraction of sp³-hybridized carbons (Fsp3) is 0.286. The van der Waals surface area contributed by atoms with E-state index in [1.54, 1.807) is 0 Å². The Hall–Kier alpha value is -1.41. The number of rotatable bonds is 2. The van der Waals surface area contributed by atoms with E-state index in [1.165, 1.54) is 5.56 Å². The second-order valence-corrected chi connectivity index (χ2v) is 4.85. The summed E-state index contributed by atoms with van der Waals surface area (Å²) < 4.78 is 0. The molecule has 0 N–H and O–H groups in total. The quantitative estimate of drug-likeness (QED) is 0.741. The second kappa shape index (κ2) is 4.84. The maximum Gasteiger partial charge on any atom is 0.161 e. The Morgan fingerprint density at radius 3 is 2.29 bits per heavy atom. The smallest absolute Gasteiger partial charge is 0.161 e. The van der Waals surface area contributed by atoms with Crippen LogP contribution in [0.2, 0.25) is 5.15 Å². The zero-order chi connectivity index (χ0) is 12.4. The molecule has 0 aliphatic rings. The van der Waals surface area contributed by atoms with Gasteiger partial charge in [-0.15, -0.1) is 0 Å². The monoisotopic (exact) mass is 246 g/mol. The van der Waals surface area contributed by atoms with Crippen molar-refractivity contribution in [2.45, 2.75) is 26.7 Å². The van der Waals surface area contributed by atoms with Gasteiger partial charge in [0.2, 0.25) is 0 Å². The minimum Gasteiger partial charge on any atom is -0.233 e. The molecule has 0 saturated carbocycles. The third-order valence-corrected chi connectivity index (χ3v) is 2.81. The van der Waals surface area contributed by atoms with E-state index in [1.807, 2.05) is 18.2 Å². The molecule has 0 aliphatic carbocycles. The van der Waals surface area contributed by atoms with Crippen LogP contribution in [0.15, 0.2) is 30.3 Å². The van der Waals surface area contributed by atoms with E-state index in [-0.39, 0.29) is 0 Å². The molecule has 1 heterocycles. The first kappa shape index (κ1) is 12.1.